The van der Waals surface area contributed by atoms with Crippen molar-refractivity contribution in [2.75, 3.05) is 25.1 Å². The number of carbonyl (C=O) groups is 1. The van der Waals surface area contributed by atoms with Gasteiger partial charge >= 0.3 is 0 Å². The van der Waals surface area contributed by atoms with Crippen LogP contribution in [0.1, 0.15) is 40.5 Å². The van der Waals surface area contributed by atoms with Crippen molar-refractivity contribution in [2.45, 2.75) is 31.3 Å². The van der Waals surface area contributed by atoms with E-state index in [1.165, 1.54) is 24.2 Å². The number of ether oxygens (including phenoxy) is 1. The zero-order valence-electron chi connectivity index (χ0n) is 9.89. The van der Waals surface area contributed by atoms with Crippen molar-refractivity contribution in [3.05, 3.63) is 10.6 Å². The molecule has 1 aromatic rings. The molecule has 0 radical (unpaired) electrons. The van der Waals surface area contributed by atoms with E-state index in [-0.39, 0.29) is 0 Å². The molecule has 1 saturated carbocycles. The van der Waals surface area contributed by atoms with Gasteiger partial charge in [0.05, 0.1) is 16.7 Å². The first-order valence-corrected chi connectivity index (χ1v) is 6.87. The highest BCUT2D eigenvalue weighted by Gasteiger charge is 2.32. The number of thiazole rings is 1. The maximum Gasteiger partial charge on any atom is 0.186 e. The average molecular weight is 252 g/mol. The fourth-order valence-electron chi connectivity index (χ4n) is 2.29. The summed E-state index contributed by atoms with van der Waals surface area (Å²) in [6, 6.07) is 0. The van der Waals surface area contributed by atoms with Crippen LogP contribution in [-0.4, -0.2) is 37.6 Å². The lowest BCUT2D eigenvalue weighted by Crippen LogP contribution is -2.21. The summed E-state index contributed by atoms with van der Waals surface area (Å²) in [5, 5.41) is 0.994. The lowest BCUT2D eigenvalue weighted by Gasteiger charge is -2.13. The second-order valence-corrected chi connectivity index (χ2v) is 5.74. The molecule has 0 amide bonds. The van der Waals surface area contributed by atoms with Gasteiger partial charge < -0.3 is 9.64 Å². The third kappa shape index (κ3) is 2.09. The number of methoxy groups -OCH3 is 1. The van der Waals surface area contributed by atoms with E-state index in [9.17, 15) is 4.79 Å². The normalized spacial score (nSPS) is 24.3. The van der Waals surface area contributed by atoms with E-state index >= 15 is 0 Å². The molecular weight excluding hydrogens is 236 g/mol. The molecule has 0 bridgehead atoms. The summed E-state index contributed by atoms with van der Waals surface area (Å²) in [5.74, 6) is 0.543. The van der Waals surface area contributed by atoms with Crippen molar-refractivity contribution in [3.63, 3.8) is 0 Å². The Morgan fingerprint density at radius 3 is 2.88 bits per heavy atom. The Balaban J connectivity index is 1.81. The lowest BCUT2D eigenvalue weighted by molar-refractivity contribution is 0.112. The molecule has 3 rings (SSSR count). The van der Waals surface area contributed by atoms with Crippen LogP contribution in [-0.2, 0) is 4.74 Å². The van der Waals surface area contributed by atoms with Crippen LogP contribution in [0, 0.1) is 0 Å². The second-order valence-electron chi connectivity index (χ2n) is 4.73. The molecule has 5 heteroatoms. The number of rotatable bonds is 4. The van der Waals surface area contributed by atoms with Crippen LogP contribution in [0.2, 0.25) is 0 Å². The van der Waals surface area contributed by atoms with Gasteiger partial charge in [0.1, 0.15) is 0 Å². The number of anilines is 1. The summed E-state index contributed by atoms with van der Waals surface area (Å²) in [5.41, 5.74) is 1.03. The molecule has 1 aromatic heterocycles. The Labute approximate surface area is 105 Å². The van der Waals surface area contributed by atoms with Crippen molar-refractivity contribution >= 4 is 22.8 Å². The summed E-state index contributed by atoms with van der Waals surface area (Å²) < 4.78 is 5.35. The Kier molecular flexibility index (Phi) is 2.88. The van der Waals surface area contributed by atoms with Crippen molar-refractivity contribution in [2.24, 2.45) is 0 Å². The molecule has 1 aliphatic carbocycles. The van der Waals surface area contributed by atoms with Crippen LogP contribution in [0.15, 0.2) is 0 Å². The zero-order chi connectivity index (χ0) is 11.8. The minimum atomic E-state index is 0.308. The average Bonchev–Trinajstić information content (AvgIpc) is 2.95. The van der Waals surface area contributed by atoms with E-state index in [1.807, 2.05) is 0 Å². The van der Waals surface area contributed by atoms with Crippen LogP contribution >= 0.6 is 11.3 Å². The maximum absolute atomic E-state index is 11.0. The Hall–Kier alpha value is -0.940. The van der Waals surface area contributed by atoms with Crippen LogP contribution < -0.4 is 4.90 Å². The molecular formula is C12H16N2O2S. The van der Waals surface area contributed by atoms with Gasteiger partial charge in [-0.15, -0.1) is 0 Å². The Morgan fingerprint density at radius 2 is 2.29 bits per heavy atom. The molecule has 1 atom stereocenters. The van der Waals surface area contributed by atoms with Crippen LogP contribution in [0.3, 0.4) is 0 Å². The van der Waals surface area contributed by atoms with Crippen LogP contribution in [0.25, 0.3) is 0 Å². The van der Waals surface area contributed by atoms with E-state index in [0.717, 1.165) is 41.5 Å². The van der Waals surface area contributed by atoms with Crippen LogP contribution in [0.4, 0.5) is 5.13 Å². The molecule has 0 aromatic carbocycles. The number of hydrogen-bond acceptors (Lipinski definition) is 5. The summed E-state index contributed by atoms with van der Waals surface area (Å²) >= 11 is 1.53. The highest BCUT2D eigenvalue weighted by molar-refractivity contribution is 7.17. The standard InChI is InChI=1S/C12H16N2O2S/c1-16-9-4-5-14(6-9)12-13-11(8-2-3-8)10(7-15)17-12/h7-9H,2-6H2,1H3. The van der Waals surface area contributed by atoms with Crippen molar-refractivity contribution in [1.82, 2.24) is 4.98 Å². The van der Waals surface area contributed by atoms with Gasteiger partial charge in [-0.3, -0.25) is 4.79 Å². The minimum Gasteiger partial charge on any atom is -0.380 e. The number of carbonyl (C=O) groups excluding carboxylic acids is 1. The van der Waals surface area contributed by atoms with Gasteiger partial charge in [-0.05, 0) is 19.3 Å². The van der Waals surface area contributed by atoms with Gasteiger partial charge in [0.25, 0.3) is 0 Å². The molecule has 4 nitrogen and oxygen atoms in total. The quantitative estimate of drug-likeness (QED) is 0.769. The number of nitrogens with zero attached hydrogens (tertiary/aromatic N) is 2. The molecule has 2 fully saturated rings. The van der Waals surface area contributed by atoms with Crippen molar-refractivity contribution in [1.29, 1.82) is 0 Å². The Morgan fingerprint density at radius 1 is 1.47 bits per heavy atom. The monoisotopic (exact) mass is 252 g/mol. The molecule has 0 N–H and O–H groups in total. The van der Waals surface area contributed by atoms with E-state index in [2.05, 4.69) is 9.88 Å². The fourth-order valence-corrected chi connectivity index (χ4v) is 3.30. The summed E-state index contributed by atoms with van der Waals surface area (Å²) in [4.78, 5) is 18.7. The zero-order valence-corrected chi connectivity index (χ0v) is 10.7. The molecule has 0 spiro atoms. The smallest absolute Gasteiger partial charge is 0.186 e. The highest BCUT2D eigenvalue weighted by Crippen LogP contribution is 2.43. The third-order valence-electron chi connectivity index (χ3n) is 3.49. The van der Waals surface area contributed by atoms with Gasteiger partial charge in [-0.25, -0.2) is 4.98 Å². The molecule has 1 saturated heterocycles. The molecule has 1 unspecified atom stereocenters. The van der Waals surface area contributed by atoms with Gasteiger partial charge in [0.15, 0.2) is 11.4 Å². The fraction of sp³-hybridized carbons (Fsp3) is 0.667. The molecule has 17 heavy (non-hydrogen) atoms. The predicted octanol–water partition coefficient (Wildman–Crippen LogP) is 2.06. The second kappa shape index (κ2) is 4.38. The van der Waals surface area contributed by atoms with E-state index in [1.54, 1.807) is 7.11 Å². The van der Waals surface area contributed by atoms with E-state index in [0.29, 0.717) is 12.0 Å². The van der Waals surface area contributed by atoms with Crippen molar-refractivity contribution < 1.29 is 9.53 Å². The first-order chi connectivity index (χ1) is 8.31. The first kappa shape index (κ1) is 11.2. The third-order valence-corrected chi connectivity index (χ3v) is 4.55. The minimum absolute atomic E-state index is 0.308. The maximum atomic E-state index is 11.0. The van der Waals surface area contributed by atoms with Crippen LogP contribution in [0.5, 0.6) is 0 Å². The van der Waals surface area contributed by atoms with Gasteiger partial charge in [-0.1, -0.05) is 11.3 Å². The highest BCUT2D eigenvalue weighted by atomic mass is 32.1. The Bertz CT molecular complexity index is 428. The predicted molar refractivity (Wildman–Crippen MR) is 67.1 cm³/mol. The summed E-state index contributed by atoms with van der Waals surface area (Å²) in [6.45, 7) is 1.88. The molecule has 92 valence electrons. The van der Waals surface area contributed by atoms with Gasteiger partial charge in [-0.2, -0.15) is 0 Å². The number of aldehydes is 1. The molecule has 1 aliphatic heterocycles. The topological polar surface area (TPSA) is 42.4 Å². The van der Waals surface area contributed by atoms with Crippen molar-refractivity contribution in [3.8, 4) is 0 Å². The SMILES string of the molecule is COC1CCN(c2nc(C3CC3)c(C=O)s2)C1. The largest absolute Gasteiger partial charge is 0.380 e. The lowest BCUT2D eigenvalue weighted by atomic mass is 10.3. The molecule has 2 heterocycles. The number of aromatic nitrogens is 1. The summed E-state index contributed by atoms with van der Waals surface area (Å²) in [7, 11) is 1.75. The molecule has 2 aliphatic rings. The van der Waals surface area contributed by atoms with E-state index < -0.39 is 0 Å². The van der Waals surface area contributed by atoms with E-state index in [4.69, 9.17) is 4.74 Å². The van der Waals surface area contributed by atoms with Gasteiger partial charge in [0.2, 0.25) is 0 Å². The van der Waals surface area contributed by atoms with Gasteiger partial charge in [0, 0.05) is 26.1 Å². The first-order valence-electron chi connectivity index (χ1n) is 6.05. The number of hydrogen-bond donors (Lipinski definition) is 0. The summed E-state index contributed by atoms with van der Waals surface area (Å²) in [6.07, 6.45) is 4.68.